The molecule has 28 heavy (non-hydrogen) atoms. The van der Waals surface area contributed by atoms with E-state index in [0.29, 0.717) is 11.5 Å². The number of ether oxygens (including phenoxy) is 1. The van der Waals surface area contributed by atoms with E-state index in [0.717, 1.165) is 11.3 Å². The van der Waals surface area contributed by atoms with Gasteiger partial charge in [-0.25, -0.2) is 0 Å². The zero-order chi connectivity index (χ0) is 20.1. The highest BCUT2D eigenvalue weighted by atomic mass is 35.5. The summed E-state index contributed by atoms with van der Waals surface area (Å²) in [6.07, 6.45) is 1.70. The quantitative estimate of drug-likeness (QED) is 0.534. The van der Waals surface area contributed by atoms with Gasteiger partial charge in [-0.15, -0.1) is 11.6 Å². The third kappa shape index (κ3) is 4.70. The number of benzene rings is 1. The van der Waals surface area contributed by atoms with Crippen molar-refractivity contribution in [3.8, 4) is 5.75 Å². The van der Waals surface area contributed by atoms with Crippen molar-refractivity contribution in [1.29, 1.82) is 0 Å². The lowest BCUT2D eigenvalue weighted by molar-refractivity contribution is 0.0729. The van der Waals surface area contributed by atoms with Crippen LogP contribution < -0.4 is 4.74 Å². The van der Waals surface area contributed by atoms with Gasteiger partial charge in [-0.2, -0.15) is 0 Å². The van der Waals surface area contributed by atoms with E-state index >= 15 is 0 Å². The summed E-state index contributed by atoms with van der Waals surface area (Å²) in [5.41, 5.74) is 2.00. The van der Waals surface area contributed by atoms with Crippen molar-refractivity contribution in [2.24, 2.45) is 0 Å². The van der Waals surface area contributed by atoms with Crippen LogP contribution in [-0.2, 0) is 6.61 Å². The Kier molecular flexibility index (Phi) is 6.31. The van der Waals surface area contributed by atoms with Gasteiger partial charge in [0.2, 0.25) is 0 Å². The average molecular weight is 400 g/mol. The summed E-state index contributed by atoms with van der Waals surface area (Å²) < 4.78 is 11.0. The molecule has 2 atom stereocenters. The van der Waals surface area contributed by atoms with Crippen LogP contribution in [0.1, 0.15) is 52.8 Å². The van der Waals surface area contributed by atoms with Crippen LogP contribution in [-0.4, -0.2) is 28.0 Å². The number of carbonyl (C=O) groups is 1. The van der Waals surface area contributed by atoms with Crippen LogP contribution in [0, 0.1) is 0 Å². The third-order valence-electron chi connectivity index (χ3n) is 4.49. The number of hydrogen-bond acceptors (Lipinski definition) is 5. The highest BCUT2D eigenvalue weighted by Crippen LogP contribution is 2.24. The smallest absolute Gasteiger partial charge is 0.276 e. The molecule has 1 aromatic carbocycles. The Hall–Kier alpha value is -2.86. The fourth-order valence-electron chi connectivity index (χ4n) is 2.67. The van der Waals surface area contributed by atoms with Gasteiger partial charge in [0.15, 0.2) is 11.5 Å². The zero-order valence-electron chi connectivity index (χ0n) is 16.0. The van der Waals surface area contributed by atoms with Gasteiger partial charge in [-0.1, -0.05) is 23.4 Å². The second-order valence-corrected chi connectivity index (χ2v) is 7.16. The molecule has 7 heteroatoms. The Balaban J connectivity index is 1.63. The molecule has 0 aliphatic carbocycles. The first kappa shape index (κ1) is 19.9. The fourth-order valence-corrected chi connectivity index (χ4v) is 2.80. The first-order valence-corrected chi connectivity index (χ1v) is 9.40. The first-order valence-electron chi connectivity index (χ1n) is 8.96. The van der Waals surface area contributed by atoms with Crippen molar-refractivity contribution in [3.05, 3.63) is 77.4 Å². The second kappa shape index (κ2) is 8.89. The largest absolute Gasteiger partial charge is 0.486 e. The Morgan fingerprint density at radius 2 is 2.04 bits per heavy atom. The molecule has 0 fully saturated rings. The summed E-state index contributed by atoms with van der Waals surface area (Å²) >= 11 is 6.10. The summed E-state index contributed by atoms with van der Waals surface area (Å²) in [7, 11) is 1.71. The van der Waals surface area contributed by atoms with Crippen LogP contribution >= 0.6 is 11.6 Å². The molecule has 0 N–H and O–H groups in total. The lowest BCUT2D eigenvalue weighted by Gasteiger charge is -2.23. The van der Waals surface area contributed by atoms with Crippen molar-refractivity contribution < 1.29 is 14.1 Å². The van der Waals surface area contributed by atoms with Gasteiger partial charge in [0, 0.05) is 19.3 Å². The van der Waals surface area contributed by atoms with Crippen molar-refractivity contribution in [2.45, 2.75) is 31.9 Å². The molecule has 2 heterocycles. The standard InChI is InChI=1S/C21H22ClN3O3/c1-14(22)16-7-6-8-17(11-16)27-13-18-12-20(24-28-18)21(26)25(3)15(2)19-9-4-5-10-23-19/h4-12,14-15H,13H2,1-3H3. The Morgan fingerprint density at radius 1 is 1.21 bits per heavy atom. The number of aromatic nitrogens is 2. The SMILES string of the molecule is CC(Cl)c1cccc(OCc2cc(C(=O)N(C)C(C)c3ccccn3)no2)c1. The fraction of sp³-hybridized carbons (Fsp3) is 0.286. The minimum Gasteiger partial charge on any atom is -0.486 e. The molecule has 146 valence electrons. The molecule has 6 nitrogen and oxygen atoms in total. The molecule has 0 saturated carbocycles. The van der Waals surface area contributed by atoms with Crippen LogP contribution in [0.4, 0.5) is 0 Å². The maximum absolute atomic E-state index is 12.7. The molecule has 0 bridgehead atoms. The molecule has 0 spiro atoms. The summed E-state index contributed by atoms with van der Waals surface area (Å²) in [6, 6.07) is 14.6. The number of carbonyl (C=O) groups excluding carboxylic acids is 1. The van der Waals surface area contributed by atoms with Crippen molar-refractivity contribution in [3.63, 3.8) is 0 Å². The number of amides is 1. The van der Waals surface area contributed by atoms with Gasteiger partial charge < -0.3 is 14.2 Å². The lowest BCUT2D eigenvalue weighted by atomic mass is 10.1. The molecule has 3 aromatic rings. The maximum atomic E-state index is 12.7. The minimum absolute atomic E-state index is 0.102. The molecule has 3 rings (SSSR count). The van der Waals surface area contributed by atoms with Crippen LogP contribution in [0.25, 0.3) is 0 Å². The van der Waals surface area contributed by atoms with Gasteiger partial charge in [0.05, 0.1) is 17.1 Å². The first-order chi connectivity index (χ1) is 13.5. The number of rotatable bonds is 7. The molecule has 0 saturated heterocycles. The molecule has 1 amide bonds. The number of alkyl halides is 1. The van der Waals surface area contributed by atoms with Gasteiger partial charge in [-0.3, -0.25) is 9.78 Å². The Labute approximate surface area is 169 Å². The van der Waals surface area contributed by atoms with Crippen LogP contribution in [0.3, 0.4) is 0 Å². The van der Waals surface area contributed by atoms with E-state index < -0.39 is 0 Å². The number of halogens is 1. The Morgan fingerprint density at radius 3 is 2.75 bits per heavy atom. The zero-order valence-corrected chi connectivity index (χ0v) is 16.8. The number of hydrogen-bond donors (Lipinski definition) is 0. The molecular weight excluding hydrogens is 378 g/mol. The highest BCUT2D eigenvalue weighted by molar-refractivity contribution is 6.20. The summed E-state index contributed by atoms with van der Waals surface area (Å²) in [5, 5.41) is 3.78. The van der Waals surface area contributed by atoms with E-state index in [2.05, 4.69) is 10.1 Å². The molecule has 2 aromatic heterocycles. The van der Waals surface area contributed by atoms with Crippen LogP contribution in [0.5, 0.6) is 5.75 Å². The van der Waals surface area contributed by atoms with Crippen LogP contribution in [0.2, 0.25) is 0 Å². The maximum Gasteiger partial charge on any atom is 0.276 e. The molecule has 0 aliphatic rings. The van der Waals surface area contributed by atoms with E-state index in [-0.39, 0.29) is 29.6 Å². The lowest BCUT2D eigenvalue weighted by Crippen LogP contribution is -2.30. The highest BCUT2D eigenvalue weighted by Gasteiger charge is 2.23. The molecule has 0 aliphatic heterocycles. The predicted molar refractivity (Wildman–Crippen MR) is 106 cm³/mol. The van der Waals surface area contributed by atoms with E-state index in [1.165, 1.54) is 0 Å². The molecule has 0 radical (unpaired) electrons. The predicted octanol–water partition coefficient (Wildman–Crippen LogP) is 4.78. The second-order valence-electron chi connectivity index (χ2n) is 6.50. The van der Waals surface area contributed by atoms with Gasteiger partial charge in [0.25, 0.3) is 5.91 Å². The van der Waals surface area contributed by atoms with Gasteiger partial charge >= 0.3 is 0 Å². The normalized spacial score (nSPS) is 13.0. The van der Waals surface area contributed by atoms with E-state index in [1.807, 2.05) is 56.3 Å². The van der Waals surface area contributed by atoms with E-state index in [4.69, 9.17) is 20.9 Å². The van der Waals surface area contributed by atoms with Crippen LogP contribution in [0.15, 0.2) is 59.3 Å². The van der Waals surface area contributed by atoms with E-state index in [1.54, 1.807) is 24.2 Å². The van der Waals surface area contributed by atoms with Crippen molar-refractivity contribution in [1.82, 2.24) is 15.0 Å². The van der Waals surface area contributed by atoms with Gasteiger partial charge in [0.1, 0.15) is 12.4 Å². The van der Waals surface area contributed by atoms with Gasteiger partial charge in [-0.05, 0) is 43.7 Å². The summed E-state index contributed by atoms with van der Waals surface area (Å²) in [4.78, 5) is 18.6. The van der Waals surface area contributed by atoms with Crippen molar-refractivity contribution in [2.75, 3.05) is 7.05 Å². The third-order valence-corrected chi connectivity index (χ3v) is 4.75. The summed E-state index contributed by atoms with van der Waals surface area (Å²) in [6.45, 7) is 3.98. The molecular formula is C21H22ClN3O3. The monoisotopic (exact) mass is 399 g/mol. The minimum atomic E-state index is -0.244. The Bertz CT molecular complexity index is 927. The van der Waals surface area contributed by atoms with E-state index in [9.17, 15) is 4.79 Å². The topological polar surface area (TPSA) is 68.5 Å². The summed E-state index contributed by atoms with van der Waals surface area (Å²) in [5.74, 6) is 0.896. The number of nitrogens with zero attached hydrogens (tertiary/aromatic N) is 3. The average Bonchev–Trinajstić information content (AvgIpc) is 3.20. The van der Waals surface area contributed by atoms with Crippen molar-refractivity contribution >= 4 is 17.5 Å². The molecule has 2 unspecified atom stereocenters. The number of pyridine rings is 1.